The summed E-state index contributed by atoms with van der Waals surface area (Å²) < 4.78 is 0.751. The number of hydrogen-bond acceptors (Lipinski definition) is 4. The number of hydrogen-bond donors (Lipinski definition) is 1. The van der Waals surface area contributed by atoms with Crippen molar-refractivity contribution in [1.82, 2.24) is 9.97 Å². The largest absolute Gasteiger partial charge is 0.298 e. The standard InChI is InChI=1S/C15H9BrClN3OS/c16-11-5-10(6-18-7-11)14(21)20-15-19-13(8-22-15)9-1-3-12(17)4-2-9/h1-8H,(H,19,20,21). The Balaban J connectivity index is 1.77. The van der Waals surface area contributed by atoms with E-state index in [9.17, 15) is 4.79 Å². The molecular weight excluding hydrogens is 386 g/mol. The smallest absolute Gasteiger partial charge is 0.259 e. The van der Waals surface area contributed by atoms with E-state index in [4.69, 9.17) is 11.6 Å². The molecule has 2 heterocycles. The number of carbonyl (C=O) groups excluding carboxylic acids is 1. The minimum absolute atomic E-state index is 0.245. The van der Waals surface area contributed by atoms with Crippen LogP contribution in [0.4, 0.5) is 5.13 Å². The molecule has 0 aliphatic heterocycles. The van der Waals surface area contributed by atoms with Crippen LogP contribution in [0, 0.1) is 0 Å². The van der Waals surface area contributed by atoms with E-state index in [1.807, 2.05) is 29.6 Å². The Kier molecular flexibility index (Phi) is 4.52. The zero-order valence-electron chi connectivity index (χ0n) is 11.1. The normalized spacial score (nSPS) is 10.5. The first-order valence-electron chi connectivity index (χ1n) is 6.25. The SMILES string of the molecule is O=C(Nc1nc(-c2ccc(Cl)cc2)cs1)c1cncc(Br)c1. The molecule has 110 valence electrons. The summed E-state index contributed by atoms with van der Waals surface area (Å²) in [4.78, 5) is 20.5. The second-order valence-electron chi connectivity index (χ2n) is 4.39. The molecule has 3 aromatic rings. The van der Waals surface area contributed by atoms with E-state index in [0.29, 0.717) is 15.7 Å². The summed E-state index contributed by atoms with van der Waals surface area (Å²) in [5, 5.41) is 5.87. The van der Waals surface area contributed by atoms with Crippen molar-refractivity contribution in [3.63, 3.8) is 0 Å². The van der Waals surface area contributed by atoms with Gasteiger partial charge in [0.2, 0.25) is 0 Å². The predicted molar refractivity (Wildman–Crippen MR) is 92.5 cm³/mol. The fourth-order valence-corrected chi connectivity index (χ4v) is 3.00. The molecule has 0 unspecified atom stereocenters. The van der Waals surface area contributed by atoms with E-state index in [2.05, 4.69) is 31.2 Å². The lowest BCUT2D eigenvalue weighted by molar-refractivity contribution is 0.102. The second-order valence-corrected chi connectivity index (χ2v) is 6.60. The number of thiazole rings is 1. The number of benzene rings is 1. The lowest BCUT2D eigenvalue weighted by Crippen LogP contribution is -2.11. The third-order valence-electron chi connectivity index (χ3n) is 2.83. The van der Waals surface area contributed by atoms with E-state index in [-0.39, 0.29) is 5.91 Å². The Morgan fingerprint density at radius 2 is 2.00 bits per heavy atom. The summed E-state index contributed by atoms with van der Waals surface area (Å²) in [6.07, 6.45) is 3.13. The van der Waals surface area contributed by atoms with Crippen molar-refractivity contribution < 1.29 is 4.79 Å². The van der Waals surface area contributed by atoms with Gasteiger partial charge in [0.25, 0.3) is 5.91 Å². The van der Waals surface area contributed by atoms with Crippen LogP contribution in [0.15, 0.2) is 52.6 Å². The summed E-state index contributed by atoms with van der Waals surface area (Å²) in [6.45, 7) is 0. The van der Waals surface area contributed by atoms with Gasteiger partial charge in [0, 0.05) is 32.8 Å². The minimum atomic E-state index is -0.245. The van der Waals surface area contributed by atoms with Gasteiger partial charge in [0.15, 0.2) is 5.13 Å². The van der Waals surface area contributed by atoms with Crippen molar-refractivity contribution in [3.8, 4) is 11.3 Å². The predicted octanol–water partition coefficient (Wildman–Crippen LogP) is 4.87. The monoisotopic (exact) mass is 393 g/mol. The highest BCUT2D eigenvalue weighted by Gasteiger charge is 2.10. The molecule has 1 N–H and O–H groups in total. The van der Waals surface area contributed by atoms with Gasteiger partial charge in [-0.3, -0.25) is 15.1 Å². The van der Waals surface area contributed by atoms with Crippen molar-refractivity contribution in [2.75, 3.05) is 5.32 Å². The Hall–Kier alpha value is -1.76. The maximum absolute atomic E-state index is 12.1. The Bertz CT molecular complexity index is 820. The van der Waals surface area contributed by atoms with Gasteiger partial charge in [-0.2, -0.15) is 0 Å². The summed E-state index contributed by atoms with van der Waals surface area (Å²) >= 11 is 10.5. The van der Waals surface area contributed by atoms with Gasteiger partial charge >= 0.3 is 0 Å². The van der Waals surface area contributed by atoms with Crippen LogP contribution >= 0.6 is 38.9 Å². The fraction of sp³-hybridized carbons (Fsp3) is 0. The number of carbonyl (C=O) groups is 1. The van der Waals surface area contributed by atoms with Crippen molar-refractivity contribution in [3.05, 3.63) is 63.2 Å². The van der Waals surface area contributed by atoms with Crippen LogP contribution in [-0.2, 0) is 0 Å². The lowest BCUT2D eigenvalue weighted by Gasteiger charge is -2.01. The van der Waals surface area contributed by atoms with Crippen molar-refractivity contribution >= 4 is 49.9 Å². The van der Waals surface area contributed by atoms with Crippen molar-refractivity contribution in [2.24, 2.45) is 0 Å². The van der Waals surface area contributed by atoms with E-state index < -0.39 is 0 Å². The maximum Gasteiger partial charge on any atom is 0.259 e. The summed E-state index contributed by atoms with van der Waals surface area (Å²) in [6, 6.07) is 9.10. The van der Waals surface area contributed by atoms with Gasteiger partial charge in [-0.05, 0) is 34.1 Å². The highest BCUT2D eigenvalue weighted by atomic mass is 79.9. The van der Waals surface area contributed by atoms with Crippen LogP contribution in [0.2, 0.25) is 5.02 Å². The van der Waals surface area contributed by atoms with E-state index in [1.54, 1.807) is 12.3 Å². The third kappa shape index (κ3) is 3.52. The lowest BCUT2D eigenvalue weighted by atomic mass is 10.2. The summed E-state index contributed by atoms with van der Waals surface area (Å²) in [5.41, 5.74) is 2.22. The molecule has 0 saturated carbocycles. The second kappa shape index (κ2) is 6.56. The minimum Gasteiger partial charge on any atom is -0.298 e. The zero-order chi connectivity index (χ0) is 15.5. The van der Waals surface area contributed by atoms with Crippen molar-refractivity contribution in [2.45, 2.75) is 0 Å². The number of halogens is 2. The molecular formula is C15H9BrClN3OS. The summed E-state index contributed by atoms with van der Waals surface area (Å²) in [5.74, 6) is -0.245. The van der Waals surface area contributed by atoms with Crippen LogP contribution in [-0.4, -0.2) is 15.9 Å². The van der Waals surface area contributed by atoms with Gasteiger partial charge < -0.3 is 0 Å². The quantitative estimate of drug-likeness (QED) is 0.689. The van der Waals surface area contributed by atoms with Crippen LogP contribution in [0.1, 0.15) is 10.4 Å². The molecule has 3 rings (SSSR count). The van der Waals surface area contributed by atoms with Gasteiger partial charge in [-0.15, -0.1) is 11.3 Å². The van der Waals surface area contributed by atoms with Gasteiger partial charge in [-0.25, -0.2) is 4.98 Å². The molecule has 0 aliphatic rings. The number of rotatable bonds is 3. The first-order chi connectivity index (χ1) is 10.6. The average molecular weight is 395 g/mol. The molecule has 0 bridgehead atoms. The molecule has 1 aromatic carbocycles. The van der Waals surface area contributed by atoms with Crippen LogP contribution < -0.4 is 5.32 Å². The Labute approximate surface area is 144 Å². The van der Waals surface area contributed by atoms with E-state index in [0.717, 1.165) is 15.7 Å². The number of pyridine rings is 1. The van der Waals surface area contributed by atoms with Crippen LogP contribution in [0.5, 0.6) is 0 Å². The van der Waals surface area contributed by atoms with Crippen molar-refractivity contribution in [1.29, 1.82) is 0 Å². The number of nitrogens with zero attached hydrogens (tertiary/aromatic N) is 2. The van der Waals surface area contributed by atoms with Crippen LogP contribution in [0.3, 0.4) is 0 Å². The molecule has 22 heavy (non-hydrogen) atoms. The Morgan fingerprint density at radius 3 is 2.73 bits per heavy atom. The molecule has 0 fully saturated rings. The average Bonchev–Trinajstić information content (AvgIpc) is 2.96. The number of anilines is 1. The topological polar surface area (TPSA) is 54.9 Å². The first kappa shape index (κ1) is 15.1. The summed E-state index contributed by atoms with van der Waals surface area (Å²) in [7, 11) is 0. The zero-order valence-corrected chi connectivity index (χ0v) is 14.2. The highest BCUT2D eigenvalue weighted by molar-refractivity contribution is 9.10. The van der Waals surface area contributed by atoms with E-state index in [1.165, 1.54) is 17.5 Å². The molecule has 7 heteroatoms. The van der Waals surface area contributed by atoms with Gasteiger partial charge in [0.1, 0.15) is 0 Å². The molecule has 0 spiro atoms. The van der Waals surface area contributed by atoms with E-state index >= 15 is 0 Å². The Morgan fingerprint density at radius 1 is 1.23 bits per heavy atom. The first-order valence-corrected chi connectivity index (χ1v) is 8.30. The molecule has 1 amide bonds. The molecule has 0 saturated heterocycles. The van der Waals surface area contributed by atoms with Gasteiger partial charge in [-0.1, -0.05) is 23.7 Å². The highest BCUT2D eigenvalue weighted by Crippen LogP contribution is 2.26. The van der Waals surface area contributed by atoms with Gasteiger partial charge in [0.05, 0.1) is 11.3 Å². The molecule has 0 atom stereocenters. The fourth-order valence-electron chi connectivity index (χ4n) is 1.79. The molecule has 2 aromatic heterocycles. The number of amides is 1. The van der Waals surface area contributed by atoms with Crippen LogP contribution in [0.25, 0.3) is 11.3 Å². The number of aromatic nitrogens is 2. The third-order valence-corrected chi connectivity index (χ3v) is 4.28. The maximum atomic E-state index is 12.1. The molecule has 0 aliphatic carbocycles. The molecule has 4 nitrogen and oxygen atoms in total. The molecule has 0 radical (unpaired) electrons. The number of nitrogens with one attached hydrogen (secondary N) is 1.